The van der Waals surface area contributed by atoms with Crippen LogP contribution in [-0.4, -0.2) is 65.5 Å². The molecule has 1 saturated heterocycles. The maximum absolute atomic E-state index is 10.6. The van der Waals surface area contributed by atoms with Crippen LogP contribution in [0.5, 0.6) is 5.75 Å². The average molecular weight is 554 g/mol. The second kappa shape index (κ2) is 13.3. The summed E-state index contributed by atoms with van der Waals surface area (Å²) in [7, 11) is 1.59. The van der Waals surface area contributed by atoms with Crippen LogP contribution in [-0.2, 0) is 16.1 Å². The fourth-order valence-corrected chi connectivity index (χ4v) is 3.54. The first-order chi connectivity index (χ1) is 18.0. The summed E-state index contributed by atoms with van der Waals surface area (Å²) in [6, 6.07) is 13.9. The fraction of sp³-hybridized carbons (Fsp3) is 0.320. The Morgan fingerprint density at radius 2 is 1.76 bits per heavy atom. The van der Waals surface area contributed by atoms with Crippen molar-refractivity contribution in [3.8, 4) is 5.75 Å². The molecule has 0 radical (unpaired) electrons. The normalized spacial score (nSPS) is 13.7. The molecule has 0 saturated carbocycles. The quantitative estimate of drug-likeness (QED) is 0.354. The molecule has 0 unspecified atom stereocenters. The van der Waals surface area contributed by atoms with Crippen molar-refractivity contribution in [1.82, 2.24) is 14.9 Å². The molecule has 0 aliphatic carbocycles. The van der Waals surface area contributed by atoms with Gasteiger partial charge >= 0.3 is 12.1 Å². The molecule has 1 aromatic heterocycles. The molecule has 3 N–H and O–H groups in total. The van der Waals surface area contributed by atoms with E-state index in [1.165, 1.54) is 5.56 Å². The highest BCUT2D eigenvalue weighted by Crippen LogP contribution is 2.29. The van der Waals surface area contributed by atoms with E-state index in [0.717, 1.165) is 49.8 Å². The number of anilines is 4. The summed E-state index contributed by atoms with van der Waals surface area (Å²) in [6.07, 6.45) is -3.29. The Morgan fingerprint density at radius 3 is 2.37 bits per heavy atom. The van der Waals surface area contributed by atoms with Gasteiger partial charge in [0.1, 0.15) is 11.6 Å². The van der Waals surface area contributed by atoms with Crippen molar-refractivity contribution in [3.05, 3.63) is 64.8 Å². The van der Waals surface area contributed by atoms with Gasteiger partial charge in [0.05, 0.1) is 25.3 Å². The number of carbonyl (C=O) groups is 1. The SMILES string of the molecule is COc1cc(Nc2nc(Nc3ccc(CN4CCOCC4)cc3)ncc2C)ccc1Cl.O=C(O)C(F)(F)F. The van der Waals surface area contributed by atoms with Crippen LogP contribution in [0.25, 0.3) is 0 Å². The first-order valence-corrected chi connectivity index (χ1v) is 11.8. The Balaban J connectivity index is 0.000000505. The lowest BCUT2D eigenvalue weighted by Crippen LogP contribution is -2.35. The van der Waals surface area contributed by atoms with Crippen LogP contribution in [0.3, 0.4) is 0 Å². The van der Waals surface area contributed by atoms with Gasteiger partial charge in [0.15, 0.2) is 0 Å². The van der Waals surface area contributed by atoms with Crippen molar-refractivity contribution >= 4 is 40.7 Å². The number of alkyl halides is 3. The number of morpholine rings is 1. The Labute approximate surface area is 222 Å². The number of rotatable bonds is 7. The monoisotopic (exact) mass is 553 g/mol. The highest BCUT2D eigenvalue weighted by Gasteiger charge is 2.38. The van der Waals surface area contributed by atoms with Crippen molar-refractivity contribution in [2.24, 2.45) is 0 Å². The maximum atomic E-state index is 10.6. The second-order valence-electron chi connectivity index (χ2n) is 8.21. The number of aliphatic carboxylic acids is 1. The average Bonchev–Trinajstić information content (AvgIpc) is 2.89. The number of aryl methyl sites for hydroxylation is 1. The summed E-state index contributed by atoms with van der Waals surface area (Å²) in [4.78, 5) is 20.3. The number of nitrogens with one attached hydrogen (secondary N) is 2. The van der Waals surface area contributed by atoms with Gasteiger partial charge in [0.2, 0.25) is 5.95 Å². The Kier molecular flexibility index (Phi) is 10.1. The zero-order chi connectivity index (χ0) is 27.7. The molecule has 3 aromatic rings. The van der Waals surface area contributed by atoms with Crippen LogP contribution < -0.4 is 15.4 Å². The second-order valence-corrected chi connectivity index (χ2v) is 8.62. The van der Waals surface area contributed by atoms with Crippen LogP contribution in [0.15, 0.2) is 48.7 Å². The first-order valence-electron chi connectivity index (χ1n) is 11.5. The predicted octanol–water partition coefficient (Wildman–Crippen LogP) is 5.40. The van der Waals surface area contributed by atoms with Crippen molar-refractivity contribution in [2.75, 3.05) is 44.0 Å². The van der Waals surface area contributed by atoms with Crippen LogP contribution in [0.1, 0.15) is 11.1 Å². The number of benzene rings is 2. The molecule has 1 aliphatic rings. The smallest absolute Gasteiger partial charge is 0.490 e. The molecule has 1 aliphatic heterocycles. The lowest BCUT2D eigenvalue weighted by atomic mass is 10.2. The fourth-order valence-electron chi connectivity index (χ4n) is 3.34. The highest BCUT2D eigenvalue weighted by molar-refractivity contribution is 6.32. The van der Waals surface area contributed by atoms with E-state index in [4.69, 9.17) is 31.0 Å². The van der Waals surface area contributed by atoms with Gasteiger partial charge in [-0.2, -0.15) is 18.2 Å². The number of hydrogen-bond donors (Lipinski definition) is 3. The minimum absolute atomic E-state index is 0.523. The Hall–Kier alpha value is -3.61. The van der Waals surface area contributed by atoms with E-state index in [0.29, 0.717) is 22.5 Å². The van der Waals surface area contributed by atoms with Crippen molar-refractivity contribution in [3.63, 3.8) is 0 Å². The van der Waals surface area contributed by atoms with E-state index in [-0.39, 0.29) is 0 Å². The number of halogens is 4. The van der Waals surface area contributed by atoms with Gasteiger partial charge in [0.25, 0.3) is 0 Å². The van der Waals surface area contributed by atoms with Crippen LogP contribution >= 0.6 is 11.6 Å². The van der Waals surface area contributed by atoms with Crippen molar-refractivity contribution in [1.29, 1.82) is 0 Å². The molecular formula is C25H27ClF3N5O4. The number of nitrogens with zero attached hydrogens (tertiary/aromatic N) is 3. The third kappa shape index (κ3) is 8.75. The zero-order valence-corrected chi connectivity index (χ0v) is 21.4. The molecule has 4 rings (SSSR count). The maximum Gasteiger partial charge on any atom is 0.490 e. The molecule has 204 valence electrons. The molecule has 2 heterocycles. The standard InChI is InChI=1S/C23H26ClN5O2.C2HF3O2/c1-16-14-25-23(28-22(16)26-19-7-8-20(24)21(13-19)30-2)27-18-5-3-17(4-6-18)15-29-9-11-31-12-10-29;3-2(4,5)1(6)7/h3-8,13-14H,9-12,15H2,1-2H3,(H2,25,26,27,28);(H,6,7). The van der Waals surface area contributed by atoms with E-state index < -0.39 is 12.1 Å². The molecule has 2 aromatic carbocycles. The van der Waals surface area contributed by atoms with Crippen LogP contribution in [0.2, 0.25) is 5.02 Å². The minimum atomic E-state index is -5.08. The lowest BCUT2D eigenvalue weighted by Gasteiger charge is -2.26. The Bertz CT molecular complexity index is 1220. The highest BCUT2D eigenvalue weighted by atomic mass is 35.5. The van der Waals surface area contributed by atoms with Gasteiger partial charge in [-0.25, -0.2) is 9.78 Å². The summed E-state index contributed by atoms with van der Waals surface area (Å²) in [6.45, 7) is 6.47. The first kappa shape index (κ1) is 29.0. The molecule has 0 bridgehead atoms. The van der Waals surface area contributed by atoms with E-state index in [1.807, 2.05) is 19.1 Å². The number of aromatic nitrogens is 2. The number of hydrogen-bond acceptors (Lipinski definition) is 8. The predicted molar refractivity (Wildman–Crippen MR) is 138 cm³/mol. The van der Waals surface area contributed by atoms with Gasteiger partial charge in [-0.15, -0.1) is 0 Å². The molecule has 9 nitrogen and oxygen atoms in total. The van der Waals surface area contributed by atoms with Crippen LogP contribution in [0, 0.1) is 6.92 Å². The third-order valence-corrected chi connectivity index (χ3v) is 5.66. The molecule has 0 atom stereocenters. The van der Waals surface area contributed by atoms with Gasteiger partial charge in [-0.3, -0.25) is 4.90 Å². The largest absolute Gasteiger partial charge is 0.495 e. The molecule has 0 spiro atoms. The van der Waals surface area contributed by atoms with Gasteiger partial charge in [-0.1, -0.05) is 23.7 Å². The molecule has 0 amide bonds. The van der Waals surface area contributed by atoms with E-state index in [2.05, 4.69) is 49.8 Å². The van der Waals surface area contributed by atoms with Crippen molar-refractivity contribution < 1.29 is 32.5 Å². The molecule has 13 heteroatoms. The van der Waals surface area contributed by atoms with Crippen molar-refractivity contribution in [2.45, 2.75) is 19.6 Å². The minimum Gasteiger partial charge on any atom is -0.495 e. The van der Waals surface area contributed by atoms with Crippen LogP contribution in [0.4, 0.5) is 36.3 Å². The summed E-state index contributed by atoms with van der Waals surface area (Å²) in [5, 5.41) is 14.3. The van der Waals surface area contributed by atoms with E-state index in [1.54, 1.807) is 19.4 Å². The molecular weight excluding hydrogens is 527 g/mol. The zero-order valence-electron chi connectivity index (χ0n) is 20.7. The summed E-state index contributed by atoms with van der Waals surface area (Å²) < 4.78 is 42.4. The lowest BCUT2D eigenvalue weighted by molar-refractivity contribution is -0.192. The van der Waals surface area contributed by atoms with E-state index >= 15 is 0 Å². The topological polar surface area (TPSA) is 109 Å². The third-order valence-electron chi connectivity index (χ3n) is 5.35. The van der Waals surface area contributed by atoms with Gasteiger partial charge < -0.3 is 25.2 Å². The number of carboxylic acid groups (broad SMARTS) is 1. The molecule has 1 fully saturated rings. The van der Waals surface area contributed by atoms with E-state index in [9.17, 15) is 13.2 Å². The number of methoxy groups -OCH3 is 1. The summed E-state index contributed by atoms with van der Waals surface area (Å²) >= 11 is 6.12. The summed E-state index contributed by atoms with van der Waals surface area (Å²) in [5.74, 6) is -0.915. The van der Waals surface area contributed by atoms with Gasteiger partial charge in [-0.05, 0) is 36.8 Å². The number of carboxylic acids is 1. The Morgan fingerprint density at radius 1 is 1.13 bits per heavy atom. The molecule has 38 heavy (non-hydrogen) atoms. The summed E-state index contributed by atoms with van der Waals surface area (Å²) in [5.41, 5.74) is 3.98. The van der Waals surface area contributed by atoms with Gasteiger partial charge in [0, 0.05) is 48.8 Å². The number of ether oxygens (including phenoxy) is 2.